The van der Waals surface area contributed by atoms with Gasteiger partial charge in [0.05, 0.1) is 6.61 Å². The van der Waals surface area contributed by atoms with E-state index in [1.54, 1.807) is 13.0 Å². The zero-order valence-corrected chi connectivity index (χ0v) is 18.2. The topological polar surface area (TPSA) is 151 Å². The van der Waals surface area contributed by atoms with Gasteiger partial charge in [0.1, 0.15) is 6.10 Å². The second-order valence-corrected chi connectivity index (χ2v) is 9.03. The van der Waals surface area contributed by atoms with Gasteiger partial charge < -0.3 is 20.6 Å². The number of carbonyl (C=O) groups excluding carboxylic acids is 3. The van der Waals surface area contributed by atoms with Gasteiger partial charge in [0.2, 0.25) is 16.9 Å². The van der Waals surface area contributed by atoms with E-state index in [4.69, 9.17) is 4.52 Å². The molecule has 0 fully saturated rings. The molecular weight excluding hydrogens is 411 g/mol. The van der Waals surface area contributed by atoms with Crippen LogP contribution in [0.3, 0.4) is 0 Å². The fourth-order valence-electron chi connectivity index (χ4n) is 1.75. The van der Waals surface area contributed by atoms with Gasteiger partial charge in [-0.25, -0.2) is 4.57 Å². The van der Waals surface area contributed by atoms with Crippen molar-refractivity contribution in [2.45, 2.75) is 33.3 Å². The molecule has 0 heterocycles. The molecule has 1 unspecified atom stereocenters. The molecule has 4 N–H and O–H groups in total. The summed E-state index contributed by atoms with van der Waals surface area (Å²) in [6.45, 7) is 4.62. The second-order valence-electron chi connectivity index (χ2n) is 6.37. The smallest absolute Gasteiger partial charge is 0.383 e. The average molecular weight is 440 g/mol. The maximum atomic E-state index is 12.0. The number of carbonyl (C=O) groups is 3. The number of phosphoric acid groups is 1. The first-order valence-corrected chi connectivity index (χ1v) is 11.0. The van der Waals surface area contributed by atoms with E-state index >= 15 is 0 Å². The number of aliphatic hydroxyl groups is 1. The summed E-state index contributed by atoms with van der Waals surface area (Å²) in [6, 6.07) is 0. The number of hydrogen-bond acceptors (Lipinski definition) is 8. The third-order valence-electron chi connectivity index (χ3n) is 3.44. The minimum absolute atomic E-state index is 0.000125. The van der Waals surface area contributed by atoms with Gasteiger partial charge in [-0.1, -0.05) is 31.7 Å². The molecule has 0 aliphatic heterocycles. The van der Waals surface area contributed by atoms with Gasteiger partial charge in [-0.3, -0.25) is 23.4 Å². The molecule has 12 heteroatoms. The molecule has 0 aliphatic carbocycles. The zero-order valence-electron chi connectivity index (χ0n) is 16.5. The van der Waals surface area contributed by atoms with E-state index in [0.29, 0.717) is 12.3 Å². The van der Waals surface area contributed by atoms with Crippen molar-refractivity contribution >= 4 is 36.5 Å². The third kappa shape index (κ3) is 11.6. The molecule has 28 heavy (non-hydrogen) atoms. The molecule has 0 aromatic rings. The summed E-state index contributed by atoms with van der Waals surface area (Å²) in [5.74, 6) is -0.610. The summed E-state index contributed by atoms with van der Waals surface area (Å²) in [5, 5.41) is 15.0. The second kappa shape index (κ2) is 13.1. The molecule has 0 rings (SSSR count). The fourth-order valence-corrected chi connectivity index (χ4v) is 2.98. The van der Waals surface area contributed by atoms with E-state index in [1.165, 1.54) is 19.9 Å². The van der Waals surface area contributed by atoms with Crippen molar-refractivity contribution in [1.29, 1.82) is 0 Å². The first kappa shape index (κ1) is 26.8. The molecule has 0 aromatic heterocycles. The Kier molecular flexibility index (Phi) is 12.5. The fraction of sp³-hybridized carbons (Fsp3) is 0.688. The highest BCUT2D eigenvalue weighted by atomic mass is 32.2. The largest absolute Gasteiger partial charge is 0.471 e. The highest BCUT2D eigenvalue weighted by Crippen LogP contribution is 2.43. The van der Waals surface area contributed by atoms with Gasteiger partial charge >= 0.3 is 7.82 Å². The highest BCUT2D eigenvalue weighted by Gasteiger charge is 2.36. The summed E-state index contributed by atoms with van der Waals surface area (Å²) in [5.41, 5.74) is -1.17. The van der Waals surface area contributed by atoms with Crippen LogP contribution in [0.2, 0.25) is 0 Å². The van der Waals surface area contributed by atoms with Crippen LogP contribution in [-0.4, -0.2) is 65.6 Å². The number of rotatable bonds is 13. The van der Waals surface area contributed by atoms with Crippen LogP contribution in [0.4, 0.5) is 0 Å². The van der Waals surface area contributed by atoms with Gasteiger partial charge in [0.25, 0.3) is 0 Å². The van der Waals surface area contributed by atoms with E-state index in [2.05, 4.69) is 15.2 Å². The van der Waals surface area contributed by atoms with Gasteiger partial charge in [0, 0.05) is 37.8 Å². The Hall–Kier alpha value is -1.23. The summed E-state index contributed by atoms with van der Waals surface area (Å²) in [7, 11) is -3.22. The van der Waals surface area contributed by atoms with Crippen molar-refractivity contribution in [3.05, 3.63) is 12.2 Å². The number of amides is 2. The lowest BCUT2D eigenvalue weighted by atomic mass is 9.87. The number of allylic oxidation sites excluding steroid dienone is 1. The van der Waals surface area contributed by atoms with Crippen LogP contribution in [0.25, 0.3) is 0 Å². The van der Waals surface area contributed by atoms with Crippen molar-refractivity contribution in [3.8, 4) is 0 Å². The van der Waals surface area contributed by atoms with Crippen LogP contribution in [0.15, 0.2) is 12.2 Å². The molecule has 0 aromatic carbocycles. The molecule has 0 bridgehead atoms. The highest BCUT2D eigenvalue weighted by molar-refractivity contribution is 8.14. The molecule has 0 aliphatic rings. The van der Waals surface area contributed by atoms with Crippen molar-refractivity contribution in [3.63, 3.8) is 0 Å². The van der Waals surface area contributed by atoms with Crippen molar-refractivity contribution in [2.75, 3.05) is 32.6 Å². The number of phosphoric ester groups is 1. The van der Waals surface area contributed by atoms with E-state index in [-0.39, 0.29) is 24.0 Å². The number of aliphatic hydroxyl groups excluding tert-OH is 1. The van der Waals surface area contributed by atoms with Crippen LogP contribution in [-0.2, 0) is 28.0 Å². The Morgan fingerprint density at radius 2 is 1.89 bits per heavy atom. The number of thioether (sulfide) groups is 1. The monoisotopic (exact) mass is 440 g/mol. The normalized spacial score (nSPS) is 15.1. The summed E-state index contributed by atoms with van der Waals surface area (Å²) >= 11 is 1.08. The Balaban J connectivity index is 4.16. The minimum atomic E-state index is -4.22. The van der Waals surface area contributed by atoms with Crippen molar-refractivity contribution < 1.29 is 38.0 Å². The van der Waals surface area contributed by atoms with Gasteiger partial charge in [-0.2, -0.15) is 0 Å². The number of nitrogens with one attached hydrogen (secondary N) is 2. The van der Waals surface area contributed by atoms with Crippen LogP contribution in [0.1, 0.15) is 27.2 Å². The summed E-state index contributed by atoms with van der Waals surface area (Å²) < 4.78 is 20.3. The van der Waals surface area contributed by atoms with E-state index < -0.39 is 31.9 Å². The van der Waals surface area contributed by atoms with Crippen molar-refractivity contribution in [1.82, 2.24) is 10.6 Å². The molecule has 162 valence electrons. The molecule has 0 radical (unpaired) electrons. The first-order valence-electron chi connectivity index (χ1n) is 8.50. The quantitative estimate of drug-likeness (QED) is 0.183. The van der Waals surface area contributed by atoms with Crippen LogP contribution >= 0.6 is 19.6 Å². The maximum Gasteiger partial charge on any atom is 0.471 e. The average Bonchev–Trinajstić information content (AvgIpc) is 2.63. The summed E-state index contributed by atoms with van der Waals surface area (Å²) in [4.78, 5) is 44.1. The molecule has 0 saturated carbocycles. The van der Waals surface area contributed by atoms with Gasteiger partial charge in [-0.05, 0) is 13.0 Å². The van der Waals surface area contributed by atoms with Crippen LogP contribution in [0.5, 0.6) is 0 Å². The molecule has 2 amide bonds. The predicted octanol–water partition coefficient (Wildman–Crippen LogP) is 0.595. The van der Waals surface area contributed by atoms with Crippen LogP contribution in [0, 0.1) is 5.41 Å². The lowest BCUT2D eigenvalue weighted by Gasteiger charge is -2.29. The first-order chi connectivity index (χ1) is 12.9. The zero-order chi connectivity index (χ0) is 21.8. The maximum absolute atomic E-state index is 12.0. The Labute approximate surface area is 169 Å². The van der Waals surface area contributed by atoms with Crippen molar-refractivity contribution in [2.24, 2.45) is 5.41 Å². The Morgan fingerprint density at radius 1 is 1.25 bits per heavy atom. The SMILES string of the molecule is C/C=C/C(=O)SCCNC(=O)CCNC(=O)[C@H](O)C(C)(C)COP(=O)(O)OC. The lowest BCUT2D eigenvalue weighted by molar-refractivity contribution is -0.137. The lowest BCUT2D eigenvalue weighted by Crippen LogP contribution is -2.46. The Bertz CT molecular complexity index is 611. The van der Waals surface area contributed by atoms with E-state index in [1.807, 2.05) is 0 Å². The summed E-state index contributed by atoms with van der Waals surface area (Å²) in [6.07, 6.45) is 1.55. The molecular formula is C16H29N2O8PS. The van der Waals surface area contributed by atoms with Crippen LogP contribution < -0.4 is 10.6 Å². The molecule has 10 nitrogen and oxygen atoms in total. The molecule has 2 atom stereocenters. The van der Waals surface area contributed by atoms with Gasteiger partial charge in [0.15, 0.2) is 0 Å². The van der Waals surface area contributed by atoms with E-state index in [9.17, 15) is 28.9 Å². The molecule has 0 spiro atoms. The predicted molar refractivity (Wildman–Crippen MR) is 105 cm³/mol. The number of hydrogen-bond donors (Lipinski definition) is 4. The standard InChI is InChI=1S/C16H29N2O8PS/c1-5-6-13(20)28-10-9-17-12(19)7-8-18-15(22)14(21)16(2,3)11-26-27(23,24)25-4/h5-6,14,21H,7-11H2,1-4H3,(H,17,19)(H,18,22)(H,23,24)/b6-5+/t14-/m0/s1. The van der Waals surface area contributed by atoms with E-state index in [0.717, 1.165) is 18.9 Å². The van der Waals surface area contributed by atoms with Gasteiger partial charge in [-0.15, -0.1) is 0 Å². The Morgan fingerprint density at radius 3 is 2.46 bits per heavy atom. The third-order valence-corrected chi connectivity index (χ3v) is 5.19. The minimum Gasteiger partial charge on any atom is -0.383 e. The molecule has 0 saturated heterocycles.